The summed E-state index contributed by atoms with van der Waals surface area (Å²) in [5.74, 6) is -0.749. The molecule has 0 aromatic heterocycles. The Labute approximate surface area is 135 Å². The Morgan fingerprint density at radius 2 is 1.91 bits per heavy atom. The third kappa shape index (κ3) is 4.53. The molecule has 122 valence electrons. The number of rotatable bonds is 6. The van der Waals surface area contributed by atoms with E-state index in [1.807, 2.05) is 49.3 Å². The number of carbonyl (C=O) groups excluding carboxylic acids is 1. The van der Waals surface area contributed by atoms with E-state index in [-0.39, 0.29) is 23.3 Å². The molecule has 0 spiro atoms. The number of nitrogens with zero attached hydrogens (tertiary/aromatic N) is 1. The minimum atomic E-state index is -0.552. The standard InChI is InChI=1S/C18H21FN2O2/c1-21(2)12-16(13-7-5-4-6-8-13)20-18(22)14-9-10-17(23-3)15(19)11-14/h4-11,16H,12H2,1-3H3,(H,20,22)/t16-/m0/s1. The summed E-state index contributed by atoms with van der Waals surface area (Å²) in [6.07, 6.45) is 0. The fourth-order valence-electron chi connectivity index (χ4n) is 2.33. The number of amides is 1. The minimum absolute atomic E-state index is 0.120. The SMILES string of the molecule is COc1ccc(C(=O)N[C@@H](CN(C)C)c2ccccc2)cc1F. The Morgan fingerprint density at radius 1 is 1.22 bits per heavy atom. The highest BCUT2D eigenvalue weighted by Crippen LogP contribution is 2.19. The van der Waals surface area contributed by atoms with Crippen LogP contribution in [0, 0.1) is 5.82 Å². The van der Waals surface area contributed by atoms with Gasteiger partial charge in [-0.1, -0.05) is 30.3 Å². The van der Waals surface area contributed by atoms with Crippen LogP contribution in [-0.2, 0) is 0 Å². The van der Waals surface area contributed by atoms with Crippen molar-refractivity contribution in [1.82, 2.24) is 10.2 Å². The molecule has 0 saturated heterocycles. The van der Waals surface area contributed by atoms with Gasteiger partial charge in [-0.25, -0.2) is 4.39 Å². The molecule has 0 bridgehead atoms. The maximum atomic E-state index is 13.8. The van der Waals surface area contributed by atoms with Crippen LogP contribution in [0.1, 0.15) is 22.0 Å². The lowest BCUT2D eigenvalue weighted by molar-refractivity contribution is 0.0929. The molecule has 2 aromatic rings. The van der Waals surface area contributed by atoms with Gasteiger partial charge in [0.25, 0.3) is 5.91 Å². The van der Waals surface area contributed by atoms with Crippen LogP contribution in [0.15, 0.2) is 48.5 Å². The monoisotopic (exact) mass is 316 g/mol. The molecule has 0 aliphatic heterocycles. The second-order valence-electron chi connectivity index (χ2n) is 5.55. The van der Waals surface area contributed by atoms with Crippen LogP contribution in [-0.4, -0.2) is 38.6 Å². The third-order valence-electron chi connectivity index (χ3n) is 3.47. The van der Waals surface area contributed by atoms with Crippen molar-refractivity contribution in [2.45, 2.75) is 6.04 Å². The van der Waals surface area contributed by atoms with Gasteiger partial charge in [-0.2, -0.15) is 0 Å². The Morgan fingerprint density at radius 3 is 2.48 bits per heavy atom. The van der Waals surface area contributed by atoms with Crippen molar-refractivity contribution in [2.24, 2.45) is 0 Å². The fraction of sp³-hybridized carbons (Fsp3) is 0.278. The van der Waals surface area contributed by atoms with Crippen LogP contribution in [0.4, 0.5) is 4.39 Å². The maximum Gasteiger partial charge on any atom is 0.251 e. The summed E-state index contributed by atoms with van der Waals surface area (Å²) in [6, 6.07) is 13.7. The molecule has 1 atom stereocenters. The van der Waals surface area contributed by atoms with E-state index in [2.05, 4.69) is 5.32 Å². The van der Waals surface area contributed by atoms with Crippen LogP contribution < -0.4 is 10.1 Å². The Balaban J connectivity index is 2.19. The Bertz CT molecular complexity index is 659. The zero-order chi connectivity index (χ0) is 16.8. The number of nitrogens with one attached hydrogen (secondary N) is 1. The van der Waals surface area contributed by atoms with E-state index in [4.69, 9.17) is 4.74 Å². The van der Waals surface area contributed by atoms with E-state index in [9.17, 15) is 9.18 Å². The molecular formula is C18H21FN2O2. The number of hydrogen-bond donors (Lipinski definition) is 1. The van der Waals surface area contributed by atoms with E-state index in [0.29, 0.717) is 6.54 Å². The molecule has 0 unspecified atom stereocenters. The number of ether oxygens (including phenoxy) is 1. The second-order valence-corrected chi connectivity index (χ2v) is 5.55. The quantitative estimate of drug-likeness (QED) is 0.891. The van der Waals surface area contributed by atoms with Crippen LogP contribution in [0.25, 0.3) is 0 Å². The van der Waals surface area contributed by atoms with Crippen LogP contribution in [0.5, 0.6) is 5.75 Å². The zero-order valence-electron chi connectivity index (χ0n) is 13.5. The molecule has 0 saturated carbocycles. The van der Waals surface area contributed by atoms with E-state index in [1.54, 1.807) is 6.07 Å². The van der Waals surface area contributed by atoms with Gasteiger partial charge in [-0.15, -0.1) is 0 Å². The first-order valence-corrected chi connectivity index (χ1v) is 7.35. The summed E-state index contributed by atoms with van der Waals surface area (Å²) in [6.45, 7) is 0.647. The van der Waals surface area contributed by atoms with E-state index in [1.165, 1.54) is 19.2 Å². The highest BCUT2D eigenvalue weighted by Gasteiger charge is 2.17. The van der Waals surface area contributed by atoms with Gasteiger partial charge in [-0.3, -0.25) is 4.79 Å². The Kier molecular flexibility index (Phi) is 5.71. The largest absolute Gasteiger partial charge is 0.494 e. The number of carbonyl (C=O) groups is 1. The summed E-state index contributed by atoms with van der Waals surface area (Å²) >= 11 is 0. The lowest BCUT2D eigenvalue weighted by Crippen LogP contribution is -2.35. The first-order valence-electron chi connectivity index (χ1n) is 7.35. The molecule has 1 amide bonds. The van der Waals surface area contributed by atoms with E-state index in [0.717, 1.165) is 5.56 Å². The van der Waals surface area contributed by atoms with Gasteiger partial charge in [0.1, 0.15) is 0 Å². The molecule has 5 heteroatoms. The summed E-state index contributed by atoms with van der Waals surface area (Å²) in [5, 5.41) is 2.96. The molecule has 4 nitrogen and oxygen atoms in total. The Hall–Kier alpha value is -2.40. The lowest BCUT2D eigenvalue weighted by Gasteiger charge is -2.23. The van der Waals surface area contributed by atoms with Crippen LogP contribution in [0.2, 0.25) is 0 Å². The fourth-order valence-corrected chi connectivity index (χ4v) is 2.33. The molecule has 0 aliphatic carbocycles. The summed E-state index contributed by atoms with van der Waals surface area (Å²) in [4.78, 5) is 14.4. The van der Waals surface area contributed by atoms with Crippen molar-refractivity contribution in [3.05, 3.63) is 65.5 Å². The summed E-state index contributed by atoms with van der Waals surface area (Å²) < 4.78 is 18.6. The number of likely N-dealkylation sites (N-methyl/N-ethyl adjacent to an activating group) is 1. The van der Waals surface area contributed by atoms with E-state index >= 15 is 0 Å². The molecule has 23 heavy (non-hydrogen) atoms. The average molecular weight is 316 g/mol. The lowest BCUT2D eigenvalue weighted by atomic mass is 10.1. The molecule has 0 radical (unpaired) electrons. The van der Waals surface area contributed by atoms with Crippen molar-refractivity contribution >= 4 is 5.91 Å². The third-order valence-corrected chi connectivity index (χ3v) is 3.47. The van der Waals surface area contributed by atoms with Gasteiger partial charge < -0.3 is 15.0 Å². The summed E-state index contributed by atoms with van der Waals surface area (Å²) in [7, 11) is 5.27. The van der Waals surface area contributed by atoms with Gasteiger partial charge >= 0.3 is 0 Å². The van der Waals surface area contributed by atoms with Crippen molar-refractivity contribution in [1.29, 1.82) is 0 Å². The van der Waals surface area contributed by atoms with Gasteiger partial charge in [0.2, 0.25) is 0 Å². The average Bonchev–Trinajstić information content (AvgIpc) is 2.54. The predicted molar refractivity (Wildman–Crippen MR) is 88.2 cm³/mol. The molecule has 2 aromatic carbocycles. The molecule has 2 rings (SSSR count). The van der Waals surface area contributed by atoms with Gasteiger partial charge in [0.05, 0.1) is 13.2 Å². The number of hydrogen-bond acceptors (Lipinski definition) is 3. The number of benzene rings is 2. The van der Waals surface area contributed by atoms with Gasteiger partial charge in [0.15, 0.2) is 11.6 Å². The van der Waals surface area contributed by atoms with Crippen LogP contribution in [0.3, 0.4) is 0 Å². The van der Waals surface area contributed by atoms with Crippen molar-refractivity contribution < 1.29 is 13.9 Å². The molecule has 1 N–H and O–H groups in total. The van der Waals surface area contributed by atoms with Gasteiger partial charge in [0, 0.05) is 12.1 Å². The highest BCUT2D eigenvalue weighted by molar-refractivity contribution is 5.94. The molecular weight excluding hydrogens is 295 g/mol. The minimum Gasteiger partial charge on any atom is -0.494 e. The number of methoxy groups -OCH3 is 1. The molecule has 0 aliphatic rings. The van der Waals surface area contributed by atoms with Crippen LogP contribution >= 0.6 is 0 Å². The predicted octanol–water partition coefficient (Wildman–Crippen LogP) is 2.87. The zero-order valence-corrected chi connectivity index (χ0v) is 13.5. The van der Waals surface area contributed by atoms with Gasteiger partial charge in [-0.05, 0) is 37.9 Å². The first-order chi connectivity index (χ1) is 11.0. The van der Waals surface area contributed by atoms with Crippen molar-refractivity contribution in [2.75, 3.05) is 27.7 Å². The highest BCUT2D eigenvalue weighted by atomic mass is 19.1. The summed E-state index contributed by atoms with van der Waals surface area (Å²) in [5.41, 5.74) is 1.27. The normalized spacial score (nSPS) is 12.0. The first kappa shape index (κ1) is 17.0. The maximum absolute atomic E-state index is 13.8. The topological polar surface area (TPSA) is 41.6 Å². The smallest absolute Gasteiger partial charge is 0.251 e. The van der Waals surface area contributed by atoms with Crippen molar-refractivity contribution in [3.63, 3.8) is 0 Å². The number of halogens is 1. The van der Waals surface area contributed by atoms with Crippen molar-refractivity contribution in [3.8, 4) is 5.75 Å². The second kappa shape index (κ2) is 7.74. The molecule has 0 heterocycles. The molecule has 0 fully saturated rings. The van der Waals surface area contributed by atoms with E-state index < -0.39 is 5.82 Å².